The molecule has 0 aliphatic heterocycles. The van der Waals surface area contributed by atoms with E-state index in [-0.39, 0.29) is 22.0 Å². The lowest BCUT2D eigenvalue weighted by molar-refractivity contribution is -0.624. The van der Waals surface area contributed by atoms with Crippen molar-refractivity contribution in [2.45, 2.75) is 12.1 Å². The molecule has 0 heterocycles. The Morgan fingerprint density at radius 2 is 1.60 bits per heavy atom. The van der Waals surface area contributed by atoms with E-state index in [1.807, 2.05) is 0 Å². The van der Waals surface area contributed by atoms with Gasteiger partial charge >= 0.3 is 11.6 Å². The highest BCUT2D eigenvalue weighted by atomic mass is 16.7. The molecule has 2 aromatic rings. The first-order chi connectivity index (χ1) is 11.8. The second-order valence-electron chi connectivity index (χ2n) is 5.11. The Bertz CT molecular complexity index is 779. The van der Waals surface area contributed by atoms with Crippen LogP contribution in [0.2, 0.25) is 0 Å². The number of aromatic hydroxyl groups is 1. The van der Waals surface area contributed by atoms with Crippen LogP contribution in [0, 0.1) is 20.2 Å². The van der Waals surface area contributed by atoms with E-state index in [9.17, 15) is 35.2 Å². The molecule has 0 radical (unpaired) electrons. The van der Waals surface area contributed by atoms with Crippen molar-refractivity contribution in [3.05, 3.63) is 80.4 Å². The molecule has 2 rings (SSSR count). The molecule has 130 valence electrons. The average molecular weight is 347 g/mol. The molecular weight excluding hydrogens is 334 g/mol. The molecule has 2 aromatic carbocycles. The van der Waals surface area contributed by atoms with Crippen molar-refractivity contribution in [2.24, 2.45) is 0 Å². The van der Waals surface area contributed by atoms with Gasteiger partial charge in [0.2, 0.25) is 0 Å². The Morgan fingerprint density at radius 3 is 2.04 bits per heavy atom. The number of phenols is 1. The van der Waals surface area contributed by atoms with Gasteiger partial charge in [-0.1, -0.05) is 30.3 Å². The number of nitro groups is 2. The summed E-state index contributed by atoms with van der Waals surface area (Å²) in [6, 6.07) is 11.7. The zero-order chi connectivity index (χ0) is 18.6. The molecule has 10 heteroatoms. The Morgan fingerprint density at radius 1 is 1.04 bits per heavy atom. The zero-order valence-corrected chi connectivity index (χ0v) is 12.7. The topological polar surface area (TPSA) is 147 Å². The monoisotopic (exact) mass is 347 g/mol. The number of hydrazine groups is 1. The number of carboxylic acid groups (broad SMARTS) is 1. The van der Waals surface area contributed by atoms with Gasteiger partial charge in [0.15, 0.2) is 5.03 Å². The van der Waals surface area contributed by atoms with E-state index < -0.39 is 28.0 Å². The molecule has 0 aliphatic rings. The maximum absolute atomic E-state index is 11.8. The van der Waals surface area contributed by atoms with Gasteiger partial charge in [0.1, 0.15) is 11.4 Å². The summed E-state index contributed by atoms with van der Waals surface area (Å²) < 4.78 is 0. The summed E-state index contributed by atoms with van der Waals surface area (Å²) >= 11 is 0. The van der Waals surface area contributed by atoms with Gasteiger partial charge in [-0.15, -0.1) is 0 Å². The summed E-state index contributed by atoms with van der Waals surface area (Å²) in [4.78, 5) is 33.8. The maximum atomic E-state index is 11.8. The number of hydrogen-bond donors (Lipinski definition) is 2. The number of anilines is 1. The number of aliphatic carboxylic acids is 1. The van der Waals surface area contributed by atoms with Gasteiger partial charge in [0, 0.05) is 0 Å². The summed E-state index contributed by atoms with van der Waals surface area (Å²) in [5, 5.41) is 41.0. The summed E-state index contributed by atoms with van der Waals surface area (Å²) in [5.74, 6) is -2.11. The van der Waals surface area contributed by atoms with E-state index >= 15 is 0 Å². The highest BCUT2D eigenvalue weighted by Crippen LogP contribution is 2.29. The van der Waals surface area contributed by atoms with Gasteiger partial charge in [-0.25, -0.2) is 14.9 Å². The molecule has 0 amide bonds. The molecular formula is C15H13N3O7. The Hall–Kier alpha value is -3.69. The van der Waals surface area contributed by atoms with Crippen LogP contribution in [0.4, 0.5) is 5.69 Å². The average Bonchev–Trinajstić information content (AvgIpc) is 2.56. The molecule has 1 atom stereocenters. The minimum absolute atomic E-state index is 0.0300. The quantitative estimate of drug-likeness (QED) is 0.437. The summed E-state index contributed by atoms with van der Waals surface area (Å²) in [7, 11) is 0. The number of phenolic OH excluding ortho intramolecular Hbond substituents is 1. The summed E-state index contributed by atoms with van der Waals surface area (Å²) in [6.45, 7) is 0. The third-order valence-corrected chi connectivity index (χ3v) is 3.55. The molecule has 25 heavy (non-hydrogen) atoms. The fraction of sp³-hybridized carbons (Fsp3) is 0.133. The number of carboxylic acids is 1. The third kappa shape index (κ3) is 3.32. The Kier molecular flexibility index (Phi) is 4.82. The van der Waals surface area contributed by atoms with Crippen LogP contribution < -0.4 is 5.01 Å². The van der Waals surface area contributed by atoms with Crippen LogP contribution in [-0.2, 0) is 11.2 Å². The van der Waals surface area contributed by atoms with Gasteiger partial charge in [-0.3, -0.25) is 10.1 Å². The minimum atomic E-state index is -3.07. The first-order valence-electron chi connectivity index (χ1n) is 6.94. The number of rotatable bonds is 7. The predicted octanol–water partition coefficient (Wildman–Crippen LogP) is 1.69. The highest BCUT2D eigenvalue weighted by molar-refractivity contribution is 5.81. The lowest BCUT2D eigenvalue weighted by Gasteiger charge is -2.26. The lowest BCUT2D eigenvalue weighted by Crippen LogP contribution is -2.64. The molecule has 0 bridgehead atoms. The van der Waals surface area contributed by atoms with Crippen molar-refractivity contribution in [3.63, 3.8) is 0 Å². The normalized spacial score (nSPS) is 12.8. The summed E-state index contributed by atoms with van der Waals surface area (Å²) in [6.07, 6.45) is -0.786. The van der Waals surface area contributed by atoms with Gasteiger partial charge in [-0.05, 0) is 34.8 Å². The minimum Gasteiger partial charge on any atom is -0.508 e. The van der Waals surface area contributed by atoms with E-state index in [2.05, 4.69) is 0 Å². The largest absolute Gasteiger partial charge is 0.508 e. The van der Waals surface area contributed by atoms with Crippen molar-refractivity contribution in [1.82, 2.24) is 0 Å². The Labute approximate surface area is 140 Å². The smallest absolute Gasteiger partial charge is 0.448 e. The van der Waals surface area contributed by atoms with E-state index in [1.165, 1.54) is 54.6 Å². The fourth-order valence-electron chi connectivity index (χ4n) is 2.37. The van der Waals surface area contributed by atoms with Crippen LogP contribution in [0.1, 0.15) is 5.56 Å². The van der Waals surface area contributed by atoms with Crippen molar-refractivity contribution >= 4 is 11.7 Å². The molecule has 0 saturated carbocycles. The van der Waals surface area contributed by atoms with E-state index in [4.69, 9.17) is 0 Å². The van der Waals surface area contributed by atoms with Crippen LogP contribution >= 0.6 is 0 Å². The van der Waals surface area contributed by atoms with Crippen LogP contribution in [0.15, 0.2) is 54.6 Å². The maximum Gasteiger partial charge on any atom is 0.448 e. The second kappa shape index (κ2) is 6.83. The lowest BCUT2D eigenvalue weighted by atomic mass is 9.98. The highest BCUT2D eigenvalue weighted by Gasteiger charge is 2.63. The summed E-state index contributed by atoms with van der Waals surface area (Å²) in [5.41, 5.74) is -3.17. The van der Waals surface area contributed by atoms with Crippen LogP contribution in [-0.4, -0.2) is 31.8 Å². The number of carbonyl (C=O) groups is 1. The van der Waals surface area contributed by atoms with E-state index in [1.54, 1.807) is 0 Å². The molecule has 0 spiro atoms. The van der Waals surface area contributed by atoms with Crippen molar-refractivity contribution in [3.8, 4) is 5.75 Å². The zero-order valence-electron chi connectivity index (χ0n) is 12.7. The van der Waals surface area contributed by atoms with Crippen molar-refractivity contribution in [1.29, 1.82) is 0 Å². The molecule has 0 unspecified atom stereocenters. The van der Waals surface area contributed by atoms with E-state index in [0.717, 1.165) is 0 Å². The molecule has 0 aromatic heterocycles. The van der Waals surface area contributed by atoms with Crippen molar-refractivity contribution < 1.29 is 25.0 Å². The third-order valence-electron chi connectivity index (χ3n) is 3.55. The number of nitrogens with zero attached hydrogens (tertiary/aromatic N) is 3. The number of para-hydroxylation sites is 1. The first-order valence-corrected chi connectivity index (χ1v) is 6.94. The number of benzene rings is 2. The molecule has 0 aliphatic carbocycles. The molecule has 10 nitrogen and oxygen atoms in total. The first kappa shape index (κ1) is 17.7. The van der Waals surface area contributed by atoms with Gasteiger partial charge in [-0.2, -0.15) is 0 Å². The van der Waals surface area contributed by atoms with Crippen LogP contribution in [0.3, 0.4) is 0 Å². The predicted molar refractivity (Wildman–Crippen MR) is 85.1 cm³/mol. The standard InChI is InChI=1S/C15H13N3O7/c19-13-8-6-11(7-9-13)10-15(14(20)21,17(22)23)16(18(24)25)12-4-2-1-3-5-12/h1-9,19H,10H2,(H,20,21)/t15-/m1/s1. The Balaban J connectivity index is 2.64. The molecule has 0 saturated heterocycles. The van der Waals surface area contributed by atoms with Crippen molar-refractivity contribution in [2.75, 3.05) is 5.01 Å². The van der Waals surface area contributed by atoms with Gasteiger partial charge in [0.05, 0.1) is 11.3 Å². The molecule has 2 N–H and O–H groups in total. The van der Waals surface area contributed by atoms with E-state index in [0.29, 0.717) is 0 Å². The fourth-order valence-corrected chi connectivity index (χ4v) is 2.37. The van der Waals surface area contributed by atoms with Gasteiger partial charge < -0.3 is 10.2 Å². The van der Waals surface area contributed by atoms with Crippen LogP contribution in [0.5, 0.6) is 5.75 Å². The number of hydrogen-bond acceptors (Lipinski definition) is 6. The molecule has 0 fully saturated rings. The van der Waals surface area contributed by atoms with Gasteiger partial charge in [0.25, 0.3) is 0 Å². The SMILES string of the molecule is O=C(O)[C@](Cc1ccc(O)cc1)(N(c1ccccc1)[N+](=O)[O-])[N+](=O)[O-]. The van der Waals surface area contributed by atoms with Crippen LogP contribution in [0.25, 0.3) is 0 Å². The second-order valence-corrected chi connectivity index (χ2v) is 5.11.